The monoisotopic (exact) mass is 200 g/mol. The first kappa shape index (κ1) is 9.33. The Morgan fingerprint density at radius 3 is 2.67 bits per heavy atom. The van der Waals surface area contributed by atoms with Gasteiger partial charge in [0.15, 0.2) is 0 Å². The van der Waals surface area contributed by atoms with Crippen LogP contribution in [-0.4, -0.2) is 11.2 Å². The molecule has 2 aromatic rings. The van der Waals surface area contributed by atoms with Crippen molar-refractivity contribution < 1.29 is 9.72 Å². The van der Waals surface area contributed by atoms with Crippen LogP contribution in [0.3, 0.4) is 0 Å². The Labute approximate surface area is 85.3 Å². The number of fused-ring (bicyclic) bond motifs is 1. The molecule has 4 heteroatoms. The van der Waals surface area contributed by atoms with Gasteiger partial charge in [0.05, 0.1) is 10.3 Å². The standard InChI is InChI=1S/C11H6NO3/c13-7-8-4-5-10-9(6-8)2-1-3-11(10)12(14)15/h1-6H. The number of hydrogen-bond acceptors (Lipinski definition) is 3. The molecule has 0 amide bonds. The van der Waals surface area contributed by atoms with Crippen LogP contribution < -0.4 is 0 Å². The molecule has 1 radical (unpaired) electrons. The Balaban J connectivity index is 2.77. The predicted molar refractivity (Wildman–Crippen MR) is 55.4 cm³/mol. The zero-order chi connectivity index (χ0) is 10.8. The van der Waals surface area contributed by atoms with Crippen LogP contribution in [0.1, 0.15) is 5.56 Å². The van der Waals surface area contributed by atoms with Crippen molar-refractivity contribution in [3.8, 4) is 0 Å². The lowest BCUT2D eigenvalue weighted by atomic mass is 10.1. The number of nitro groups is 1. The third kappa shape index (κ3) is 1.57. The molecule has 4 nitrogen and oxygen atoms in total. The largest absolute Gasteiger partial charge is 0.285 e. The van der Waals surface area contributed by atoms with Crippen molar-refractivity contribution in [2.45, 2.75) is 0 Å². The Kier molecular flexibility index (Phi) is 2.17. The van der Waals surface area contributed by atoms with Crippen molar-refractivity contribution in [1.29, 1.82) is 0 Å². The van der Waals surface area contributed by atoms with Gasteiger partial charge in [-0.3, -0.25) is 14.9 Å². The van der Waals surface area contributed by atoms with Crippen molar-refractivity contribution in [1.82, 2.24) is 0 Å². The smallest absolute Gasteiger partial charge is 0.277 e. The minimum absolute atomic E-state index is 0.0462. The van der Waals surface area contributed by atoms with Gasteiger partial charge in [0.1, 0.15) is 0 Å². The lowest BCUT2D eigenvalue weighted by Crippen LogP contribution is -1.89. The van der Waals surface area contributed by atoms with Gasteiger partial charge in [-0.25, -0.2) is 0 Å². The number of nitro benzene ring substituents is 1. The highest BCUT2D eigenvalue weighted by molar-refractivity contribution is 5.94. The topological polar surface area (TPSA) is 60.2 Å². The molecular weight excluding hydrogens is 194 g/mol. The molecule has 0 N–H and O–H groups in total. The highest BCUT2D eigenvalue weighted by atomic mass is 16.6. The fourth-order valence-electron chi connectivity index (χ4n) is 1.49. The molecule has 0 heterocycles. The summed E-state index contributed by atoms with van der Waals surface area (Å²) in [5, 5.41) is 11.9. The van der Waals surface area contributed by atoms with Crippen LogP contribution in [0.25, 0.3) is 10.8 Å². The summed E-state index contributed by atoms with van der Waals surface area (Å²) in [7, 11) is 0. The van der Waals surface area contributed by atoms with E-state index in [9.17, 15) is 14.9 Å². The third-order valence-corrected chi connectivity index (χ3v) is 2.17. The summed E-state index contributed by atoms with van der Waals surface area (Å²) in [6.45, 7) is 0. The first-order chi connectivity index (χ1) is 7.22. The lowest BCUT2D eigenvalue weighted by molar-refractivity contribution is -0.383. The second-order valence-electron chi connectivity index (χ2n) is 3.07. The van der Waals surface area contributed by atoms with E-state index in [4.69, 9.17) is 0 Å². The molecule has 0 aliphatic heterocycles. The molecule has 0 saturated heterocycles. The van der Waals surface area contributed by atoms with Gasteiger partial charge in [-0.1, -0.05) is 18.2 Å². The van der Waals surface area contributed by atoms with Gasteiger partial charge in [0, 0.05) is 11.6 Å². The Morgan fingerprint density at radius 1 is 1.20 bits per heavy atom. The molecule has 15 heavy (non-hydrogen) atoms. The predicted octanol–water partition coefficient (Wildman–Crippen LogP) is 2.21. The van der Waals surface area contributed by atoms with Crippen LogP contribution in [0, 0.1) is 10.1 Å². The maximum absolute atomic E-state index is 10.7. The quantitative estimate of drug-likeness (QED) is 0.551. The van der Waals surface area contributed by atoms with Gasteiger partial charge in [-0.2, -0.15) is 0 Å². The highest BCUT2D eigenvalue weighted by Gasteiger charge is 2.10. The molecular formula is C11H6NO3. The Morgan fingerprint density at radius 2 is 2.00 bits per heavy atom. The number of hydrogen-bond donors (Lipinski definition) is 0. The van der Waals surface area contributed by atoms with Crippen molar-refractivity contribution in [2.75, 3.05) is 0 Å². The fourth-order valence-corrected chi connectivity index (χ4v) is 1.49. The molecule has 2 aromatic carbocycles. The van der Waals surface area contributed by atoms with Crippen LogP contribution in [0.15, 0.2) is 36.4 Å². The van der Waals surface area contributed by atoms with Crippen LogP contribution in [0.2, 0.25) is 0 Å². The molecule has 0 fully saturated rings. The van der Waals surface area contributed by atoms with E-state index < -0.39 is 4.92 Å². The summed E-state index contributed by atoms with van der Waals surface area (Å²) < 4.78 is 0. The zero-order valence-electron chi connectivity index (χ0n) is 7.64. The average Bonchev–Trinajstić information content (AvgIpc) is 2.27. The summed E-state index contributed by atoms with van der Waals surface area (Å²) in [4.78, 5) is 20.7. The third-order valence-electron chi connectivity index (χ3n) is 2.17. The van der Waals surface area contributed by atoms with E-state index in [2.05, 4.69) is 0 Å². The highest BCUT2D eigenvalue weighted by Crippen LogP contribution is 2.25. The minimum atomic E-state index is -0.438. The number of non-ortho nitro benzene ring substituents is 1. The van der Waals surface area contributed by atoms with Crippen molar-refractivity contribution >= 4 is 22.7 Å². The zero-order valence-corrected chi connectivity index (χ0v) is 7.64. The SMILES string of the molecule is O=[C]c1ccc2c([N+](=O)[O-])cccc2c1. The van der Waals surface area contributed by atoms with E-state index in [1.807, 2.05) is 0 Å². The lowest BCUT2D eigenvalue weighted by Gasteiger charge is -1.99. The van der Waals surface area contributed by atoms with Crippen LogP contribution in [0.5, 0.6) is 0 Å². The molecule has 0 unspecified atom stereocenters. The fraction of sp³-hybridized carbons (Fsp3) is 0. The van der Waals surface area contributed by atoms with E-state index in [-0.39, 0.29) is 5.69 Å². The maximum Gasteiger partial charge on any atom is 0.277 e. The van der Waals surface area contributed by atoms with E-state index in [1.54, 1.807) is 30.6 Å². The number of rotatable bonds is 2. The number of benzene rings is 2. The number of nitrogens with zero attached hydrogens (tertiary/aromatic N) is 1. The second kappa shape index (κ2) is 3.49. The van der Waals surface area contributed by atoms with Gasteiger partial charge in [0.25, 0.3) is 5.69 Å². The number of carbonyl (C=O) groups excluding carboxylic acids is 1. The van der Waals surface area contributed by atoms with Gasteiger partial charge in [0.2, 0.25) is 6.29 Å². The summed E-state index contributed by atoms with van der Waals surface area (Å²) in [5.74, 6) is 0. The van der Waals surface area contributed by atoms with Crippen molar-refractivity contribution in [2.24, 2.45) is 0 Å². The first-order valence-electron chi connectivity index (χ1n) is 4.27. The van der Waals surface area contributed by atoms with E-state index in [0.717, 1.165) is 0 Å². The summed E-state index contributed by atoms with van der Waals surface area (Å²) in [6, 6.07) is 9.41. The first-order valence-corrected chi connectivity index (χ1v) is 4.27. The van der Waals surface area contributed by atoms with Gasteiger partial charge >= 0.3 is 0 Å². The Bertz CT molecular complexity index is 549. The van der Waals surface area contributed by atoms with Gasteiger partial charge in [-0.05, 0) is 17.5 Å². The van der Waals surface area contributed by atoms with Crippen LogP contribution in [-0.2, 0) is 4.79 Å². The second-order valence-corrected chi connectivity index (χ2v) is 3.07. The molecule has 2 rings (SSSR count). The molecule has 0 aliphatic carbocycles. The minimum Gasteiger partial charge on any atom is -0.285 e. The van der Waals surface area contributed by atoms with Gasteiger partial charge in [-0.15, -0.1) is 0 Å². The summed E-state index contributed by atoms with van der Waals surface area (Å²) in [5.41, 5.74) is 0.438. The summed E-state index contributed by atoms with van der Waals surface area (Å²) >= 11 is 0. The summed E-state index contributed by atoms with van der Waals surface area (Å²) in [6.07, 6.45) is 1.75. The molecule has 0 spiro atoms. The van der Waals surface area contributed by atoms with E-state index in [1.165, 1.54) is 12.1 Å². The molecule has 0 atom stereocenters. The van der Waals surface area contributed by atoms with Crippen molar-refractivity contribution in [3.63, 3.8) is 0 Å². The van der Waals surface area contributed by atoms with Crippen LogP contribution in [0.4, 0.5) is 5.69 Å². The normalized spacial score (nSPS) is 10.1. The molecule has 0 bridgehead atoms. The molecule has 0 aliphatic rings. The van der Waals surface area contributed by atoms with Crippen LogP contribution >= 0.6 is 0 Å². The van der Waals surface area contributed by atoms with Crippen molar-refractivity contribution in [3.05, 3.63) is 52.1 Å². The molecule has 0 aromatic heterocycles. The van der Waals surface area contributed by atoms with Gasteiger partial charge < -0.3 is 0 Å². The molecule has 0 saturated carbocycles. The maximum atomic E-state index is 10.7. The van der Waals surface area contributed by atoms with E-state index >= 15 is 0 Å². The molecule has 73 valence electrons. The Hall–Kier alpha value is -2.23. The van der Waals surface area contributed by atoms with E-state index in [0.29, 0.717) is 16.3 Å². The average molecular weight is 200 g/mol.